The summed E-state index contributed by atoms with van der Waals surface area (Å²) in [6.45, 7) is 2.40. The summed E-state index contributed by atoms with van der Waals surface area (Å²) in [5.74, 6) is -0.290. The summed E-state index contributed by atoms with van der Waals surface area (Å²) in [5, 5.41) is 21.2. The Hall–Kier alpha value is -2.66. The van der Waals surface area contributed by atoms with Gasteiger partial charge in [0.05, 0.1) is 28.5 Å². The number of anilines is 1. The number of nitriles is 1. The minimum atomic E-state index is -0.290. The Balaban J connectivity index is 1.71. The largest absolute Gasteiger partial charge is 0.385 e. The van der Waals surface area contributed by atoms with Gasteiger partial charge in [-0.2, -0.15) is 10.4 Å². The zero-order valence-corrected chi connectivity index (χ0v) is 14.3. The van der Waals surface area contributed by atoms with Crippen molar-refractivity contribution in [3.63, 3.8) is 0 Å². The van der Waals surface area contributed by atoms with Crippen LogP contribution in [0.5, 0.6) is 0 Å². The molecule has 126 valence electrons. The van der Waals surface area contributed by atoms with Crippen molar-refractivity contribution >= 4 is 28.6 Å². The smallest absolute Gasteiger partial charge is 0.265 e. The molecule has 0 radical (unpaired) electrons. The van der Waals surface area contributed by atoms with Gasteiger partial charge in [0.2, 0.25) is 0 Å². The summed E-state index contributed by atoms with van der Waals surface area (Å²) in [4.78, 5) is 17.9. The van der Waals surface area contributed by atoms with Crippen LogP contribution in [-0.4, -0.2) is 28.0 Å². The van der Waals surface area contributed by atoms with Crippen molar-refractivity contribution in [2.45, 2.75) is 32.7 Å². The van der Waals surface area contributed by atoms with Gasteiger partial charge in [-0.3, -0.25) is 9.48 Å². The molecule has 0 aliphatic rings. The molecule has 0 unspecified atom stereocenters. The normalized spacial score (nSPS) is 11.1. The van der Waals surface area contributed by atoms with Crippen molar-refractivity contribution in [2.75, 3.05) is 11.9 Å². The van der Waals surface area contributed by atoms with Crippen LogP contribution in [0.25, 0.3) is 0 Å². The predicted octanol–water partition coefficient (Wildman–Crippen LogP) is 3.02. The fourth-order valence-electron chi connectivity index (χ4n) is 1.94. The quantitative estimate of drug-likeness (QED) is 0.429. The van der Waals surface area contributed by atoms with E-state index in [-0.39, 0.29) is 12.5 Å². The average Bonchev–Trinajstić information content (AvgIpc) is 3.23. The maximum absolute atomic E-state index is 11.8. The Morgan fingerprint density at radius 2 is 2.42 bits per heavy atom. The summed E-state index contributed by atoms with van der Waals surface area (Å²) in [5.41, 5.74) is 1.35. The van der Waals surface area contributed by atoms with Crippen LogP contribution in [0.15, 0.2) is 35.1 Å². The van der Waals surface area contributed by atoms with E-state index < -0.39 is 0 Å². The van der Waals surface area contributed by atoms with Gasteiger partial charge in [-0.25, -0.2) is 0 Å². The van der Waals surface area contributed by atoms with Crippen molar-refractivity contribution < 1.29 is 9.63 Å². The lowest BCUT2D eigenvalue weighted by molar-refractivity contribution is -0.120. The summed E-state index contributed by atoms with van der Waals surface area (Å²) < 4.78 is 1.74. The number of amides is 1. The van der Waals surface area contributed by atoms with Crippen LogP contribution in [0, 0.1) is 11.3 Å². The number of aryl methyl sites for hydroxylation is 1. The molecule has 1 amide bonds. The number of nitrogens with one attached hydrogen (secondary N) is 1. The van der Waals surface area contributed by atoms with Crippen LogP contribution in [0.3, 0.4) is 0 Å². The monoisotopic (exact) mass is 345 g/mol. The van der Waals surface area contributed by atoms with Gasteiger partial charge in [-0.15, -0.1) is 11.3 Å². The van der Waals surface area contributed by atoms with E-state index in [1.54, 1.807) is 28.4 Å². The highest BCUT2D eigenvalue weighted by molar-refractivity contribution is 7.12. The molecule has 0 aliphatic heterocycles. The highest BCUT2D eigenvalue weighted by atomic mass is 32.1. The molecule has 0 aromatic carbocycles. The van der Waals surface area contributed by atoms with Crippen molar-refractivity contribution in [1.29, 1.82) is 5.26 Å². The second-order valence-corrected chi connectivity index (χ2v) is 6.03. The third kappa shape index (κ3) is 5.85. The molecule has 0 bridgehead atoms. The highest BCUT2D eigenvalue weighted by Crippen LogP contribution is 2.10. The van der Waals surface area contributed by atoms with E-state index >= 15 is 0 Å². The lowest BCUT2D eigenvalue weighted by atomic mass is 10.2. The predicted molar refractivity (Wildman–Crippen MR) is 92.8 cm³/mol. The number of carbonyl (C=O) groups excluding carboxylic acids is 1. The molecule has 0 saturated heterocycles. The summed E-state index contributed by atoms with van der Waals surface area (Å²) in [6, 6.07) is 5.99. The third-order valence-electron chi connectivity index (χ3n) is 3.12. The van der Waals surface area contributed by atoms with Crippen LogP contribution < -0.4 is 5.32 Å². The second-order valence-electron chi connectivity index (χ2n) is 5.08. The van der Waals surface area contributed by atoms with Crippen LogP contribution in [0.4, 0.5) is 5.69 Å². The standard InChI is InChI=1S/C16H19N5O2S/c1-13(15-6-5-9-24-15)20-23-12-16(22)19-14-10-18-21(11-14)8-4-2-3-7-17/h5-6,9-11H,2-4,8,12H2,1H3,(H,19,22)/b20-13-. The Morgan fingerprint density at radius 3 is 3.17 bits per heavy atom. The van der Waals surface area contributed by atoms with Crippen LogP contribution in [-0.2, 0) is 16.2 Å². The van der Waals surface area contributed by atoms with Gasteiger partial charge < -0.3 is 10.2 Å². The van der Waals surface area contributed by atoms with Crippen LogP contribution in [0.2, 0.25) is 0 Å². The Labute approximate surface area is 144 Å². The molecule has 0 atom stereocenters. The molecular formula is C16H19N5O2S. The van der Waals surface area contributed by atoms with Crippen molar-refractivity contribution in [3.8, 4) is 6.07 Å². The topological polar surface area (TPSA) is 92.3 Å². The summed E-state index contributed by atoms with van der Waals surface area (Å²) in [7, 11) is 0. The molecule has 2 aromatic rings. The van der Waals surface area contributed by atoms with E-state index in [1.165, 1.54) is 0 Å². The Kier molecular flexibility index (Phi) is 6.98. The SMILES string of the molecule is C/C(=N/OCC(=O)Nc1cnn(CCCCC#N)c1)c1cccs1. The van der Waals surface area contributed by atoms with E-state index in [2.05, 4.69) is 21.6 Å². The van der Waals surface area contributed by atoms with E-state index in [0.29, 0.717) is 12.1 Å². The molecule has 1 N–H and O–H groups in total. The van der Waals surface area contributed by atoms with Crippen LogP contribution >= 0.6 is 11.3 Å². The average molecular weight is 345 g/mol. The number of hydrogen-bond donors (Lipinski definition) is 1. The number of thiophene rings is 1. The molecule has 0 saturated carbocycles. The molecule has 0 aliphatic carbocycles. The molecule has 0 fully saturated rings. The number of unbranched alkanes of at least 4 members (excludes halogenated alkanes) is 2. The zero-order valence-electron chi connectivity index (χ0n) is 13.4. The van der Waals surface area contributed by atoms with E-state index in [4.69, 9.17) is 10.1 Å². The first-order chi connectivity index (χ1) is 11.7. The molecule has 2 rings (SSSR count). The summed E-state index contributed by atoms with van der Waals surface area (Å²) in [6.07, 6.45) is 5.61. The molecule has 24 heavy (non-hydrogen) atoms. The van der Waals surface area contributed by atoms with E-state index in [9.17, 15) is 4.79 Å². The van der Waals surface area contributed by atoms with Gasteiger partial charge in [-0.05, 0) is 31.2 Å². The number of nitrogens with zero attached hydrogens (tertiary/aromatic N) is 4. The van der Waals surface area contributed by atoms with Gasteiger partial charge in [0.1, 0.15) is 0 Å². The summed E-state index contributed by atoms with van der Waals surface area (Å²) >= 11 is 1.56. The fraction of sp³-hybridized carbons (Fsp3) is 0.375. The van der Waals surface area contributed by atoms with Gasteiger partial charge in [-0.1, -0.05) is 11.2 Å². The minimum Gasteiger partial charge on any atom is -0.385 e. The molecule has 8 heteroatoms. The number of oxime groups is 1. The second kappa shape index (κ2) is 9.47. The first-order valence-corrected chi connectivity index (χ1v) is 8.46. The first kappa shape index (κ1) is 17.7. The van der Waals surface area contributed by atoms with E-state index in [1.807, 2.05) is 24.4 Å². The van der Waals surface area contributed by atoms with Crippen LogP contribution in [0.1, 0.15) is 31.1 Å². The number of carbonyl (C=O) groups is 1. The lowest BCUT2D eigenvalue weighted by Crippen LogP contribution is -2.17. The van der Waals surface area contributed by atoms with Crippen molar-refractivity contribution in [1.82, 2.24) is 9.78 Å². The van der Waals surface area contributed by atoms with Crippen molar-refractivity contribution in [2.24, 2.45) is 5.16 Å². The maximum atomic E-state index is 11.8. The molecular weight excluding hydrogens is 326 g/mol. The minimum absolute atomic E-state index is 0.157. The highest BCUT2D eigenvalue weighted by Gasteiger charge is 2.06. The number of rotatable bonds is 9. The number of hydrogen-bond acceptors (Lipinski definition) is 6. The van der Waals surface area contributed by atoms with Gasteiger partial charge >= 0.3 is 0 Å². The Bertz CT molecular complexity index is 715. The first-order valence-electron chi connectivity index (χ1n) is 7.58. The molecule has 0 spiro atoms. The molecule has 2 heterocycles. The molecule has 7 nitrogen and oxygen atoms in total. The van der Waals surface area contributed by atoms with Gasteiger partial charge in [0.15, 0.2) is 6.61 Å². The number of aromatic nitrogens is 2. The van der Waals surface area contributed by atoms with E-state index in [0.717, 1.165) is 30.0 Å². The Morgan fingerprint density at radius 1 is 1.54 bits per heavy atom. The van der Waals surface area contributed by atoms with Gasteiger partial charge in [0, 0.05) is 19.2 Å². The lowest BCUT2D eigenvalue weighted by Gasteiger charge is -2.02. The van der Waals surface area contributed by atoms with Crippen molar-refractivity contribution in [3.05, 3.63) is 34.8 Å². The third-order valence-corrected chi connectivity index (χ3v) is 4.10. The zero-order chi connectivity index (χ0) is 17.2. The fourth-order valence-corrected chi connectivity index (χ4v) is 2.61. The molecule has 2 aromatic heterocycles. The maximum Gasteiger partial charge on any atom is 0.265 e. The van der Waals surface area contributed by atoms with Gasteiger partial charge in [0.25, 0.3) is 5.91 Å².